The number of hydrogen-bond acceptors (Lipinski definition) is 5. The van der Waals surface area contributed by atoms with E-state index in [-0.39, 0.29) is 24.4 Å². The molecule has 0 radical (unpaired) electrons. The molecule has 1 saturated heterocycles. The first-order valence-electron chi connectivity index (χ1n) is 15.4. The molecule has 3 aliphatic carbocycles. The van der Waals surface area contributed by atoms with Gasteiger partial charge in [0.2, 0.25) is 0 Å². The molecule has 5 nitrogen and oxygen atoms in total. The van der Waals surface area contributed by atoms with Crippen molar-refractivity contribution in [1.82, 2.24) is 0 Å². The van der Waals surface area contributed by atoms with Crippen LogP contribution < -0.4 is 4.74 Å². The molecular weight excluding hydrogens is 488 g/mol. The van der Waals surface area contributed by atoms with E-state index in [2.05, 4.69) is 46.8 Å². The maximum Gasteiger partial charge on any atom is 0.188 e. The first kappa shape index (κ1) is 29.1. The van der Waals surface area contributed by atoms with Gasteiger partial charge >= 0.3 is 0 Å². The second-order valence-electron chi connectivity index (χ2n) is 14.1. The van der Waals surface area contributed by atoms with Crippen molar-refractivity contribution in [3.8, 4) is 5.75 Å². The van der Waals surface area contributed by atoms with Crippen LogP contribution >= 0.6 is 0 Å². The Labute approximate surface area is 236 Å². The normalized spacial score (nSPS) is 36.8. The van der Waals surface area contributed by atoms with Gasteiger partial charge in [-0.25, -0.2) is 0 Å². The lowest BCUT2D eigenvalue weighted by atomic mass is 9.39. The molecule has 218 valence electrons. The van der Waals surface area contributed by atoms with Crippen LogP contribution in [0.15, 0.2) is 29.8 Å². The number of rotatable bonds is 8. The molecule has 39 heavy (non-hydrogen) atoms. The zero-order valence-corrected chi connectivity index (χ0v) is 25.3. The Hall–Kier alpha value is -1.40. The maximum atomic E-state index is 12.3. The van der Waals surface area contributed by atoms with Gasteiger partial charge in [0.15, 0.2) is 13.1 Å². The SMILES string of the molecule is COCOc1ccc(COC2CCCCO2)cc1[C@@H](O)[C@@H]1C(C)=CC[C@H]2[C@@]1(C)CC[C@H]1C(C)(C)CCC[C@]21C. The predicted molar refractivity (Wildman–Crippen MR) is 154 cm³/mol. The van der Waals surface area contributed by atoms with E-state index in [4.69, 9.17) is 18.9 Å². The van der Waals surface area contributed by atoms with Gasteiger partial charge in [0.25, 0.3) is 0 Å². The smallest absolute Gasteiger partial charge is 0.188 e. The van der Waals surface area contributed by atoms with Crippen molar-refractivity contribution in [2.24, 2.45) is 34.0 Å². The highest BCUT2D eigenvalue weighted by atomic mass is 16.7. The summed E-state index contributed by atoms with van der Waals surface area (Å²) in [6.45, 7) is 13.7. The third kappa shape index (κ3) is 5.46. The molecule has 1 unspecified atom stereocenters. The van der Waals surface area contributed by atoms with Gasteiger partial charge < -0.3 is 24.1 Å². The number of hydrogen-bond donors (Lipinski definition) is 1. The third-order valence-corrected chi connectivity index (χ3v) is 11.3. The summed E-state index contributed by atoms with van der Waals surface area (Å²) in [6, 6.07) is 6.10. The predicted octanol–water partition coefficient (Wildman–Crippen LogP) is 7.96. The van der Waals surface area contributed by atoms with E-state index >= 15 is 0 Å². The van der Waals surface area contributed by atoms with Crippen molar-refractivity contribution in [3.63, 3.8) is 0 Å². The van der Waals surface area contributed by atoms with Crippen LogP contribution in [0, 0.1) is 34.0 Å². The Morgan fingerprint density at radius 2 is 1.82 bits per heavy atom. The highest BCUT2D eigenvalue weighted by Crippen LogP contribution is 2.69. The minimum absolute atomic E-state index is 0.0257. The molecule has 4 aliphatic rings. The first-order valence-corrected chi connectivity index (χ1v) is 15.4. The summed E-state index contributed by atoms with van der Waals surface area (Å²) in [4.78, 5) is 0. The molecule has 3 fully saturated rings. The summed E-state index contributed by atoms with van der Waals surface area (Å²) in [5.74, 6) is 2.04. The monoisotopic (exact) mass is 540 g/mol. The summed E-state index contributed by atoms with van der Waals surface area (Å²) in [5.41, 5.74) is 3.90. The molecule has 5 rings (SSSR count). The zero-order valence-electron chi connectivity index (χ0n) is 25.3. The molecule has 1 aromatic rings. The van der Waals surface area contributed by atoms with Crippen molar-refractivity contribution in [2.75, 3.05) is 20.5 Å². The fourth-order valence-corrected chi connectivity index (χ4v) is 9.54. The van der Waals surface area contributed by atoms with Gasteiger partial charge in [0.05, 0.1) is 12.7 Å². The lowest BCUT2D eigenvalue weighted by Crippen LogP contribution is -2.58. The average molecular weight is 541 g/mol. The molecule has 1 N–H and O–H groups in total. The minimum atomic E-state index is -0.663. The van der Waals surface area contributed by atoms with E-state index in [1.165, 1.54) is 31.3 Å². The quantitative estimate of drug-likeness (QED) is 0.268. The first-order chi connectivity index (χ1) is 18.6. The van der Waals surface area contributed by atoms with Gasteiger partial charge in [-0.2, -0.15) is 0 Å². The number of ether oxygens (including phenoxy) is 4. The Kier molecular flexibility index (Phi) is 8.56. The van der Waals surface area contributed by atoms with Crippen LogP contribution in [-0.4, -0.2) is 31.9 Å². The van der Waals surface area contributed by atoms with Crippen LogP contribution in [0.4, 0.5) is 0 Å². The lowest BCUT2D eigenvalue weighted by Gasteiger charge is -2.65. The van der Waals surface area contributed by atoms with Crippen molar-refractivity contribution >= 4 is 0 Å². The van der Waals surface area contributed by atoms with Crippen LogP contribution in [0.1, 0.15) is 110 Å². The Morgan fingerprint density at radius 3 is 2.56 bits per heavy atom. The zero-order chi connectivity index (χ0) is 27.8. The van der Waals surface area contributed by atoms with E-state index in [1.54, 1.807) is 7.11 Å². The summed E-state index contributed by atoms with van der Waals surface area (Å²) < 4.78 is 23.2. The molecule has 1 heterocycles. The molecule has 1 aliphatic heterocycles. The van der Waals surface area contributed by atoms with Crippen molar-refractivity contribution in [2.45, 2.75) is 111 Å². The van der Waals surface area contributed by atoms with Gasteiger partial charge in [-0.15, -0.1) is 0 Å². The van der Waals surface area contributed by atoms with E-state index in [1.807, 2.05) is 12.1 Å². The topological polar surface area (TPSA) is 57.2 Å². The fourth-order valence-electron chi connectivity index (χ4n) is 9.54. The highest BCUT2D eigenvalue weighted by Gasteiger charge is 2.61. The van der Waals surface area contributed by atoms with Crippen LogP contribution in [0.3, 0.4) is 0 Å². The third-order valence-electron chi connectivity index (χ3n) is 11.3. The number of aliphatic hydroxyl groups is 1. The second kappa shape index (κ2) is 11.5. The maximum absolute atomic E-state index is 12.3. The van der Waals surface area contributed by atoms with E-state index in [0.717, 1.165) is 55.8 Å². The number of methoxy groups -OCH3 is 1. The van der Waals surface area contributed by atoms with E-state index in [9.17, 15) is 5.11 Å². The Balaban J connectivity index is 1.45. The Bertz CT molecular complexity index is 1030. The van der Waals surface area contributed by atoms with Gasteiger partial charge in [-0.1, -0.05) is 51.8 Å². The standard InChI is InChI=1S/C34H52O5/c1-23-11-14-28-33(4)17-9-16-32(2,3)27(33)15-18-34(28,5)30(23)31(35)25-20-24(12-13-26(25)39-22-36-6)21-38-29-10-7-8-19-37-29/h11-13,20,27-31,35H,7-10,14-19,21-22H2,1-6H3/t27-,28+,29?,30-,31+,33-,34+/m0/s1. The number of allylic oxidation sites excluding steroid dienone is 1. The molecule has 0 amide bonds. The molecule has 0 spiro atoms. The lowest BCUT2D eigenvalue weighted by molar-refractivity contribution is -0.168. The number of benzene rings is 1. The molecule has 1 aromatic carbocycles. The van der Waals surface area contributed by atoms with Crippen LogP contribution in [0.5, 0.6) is 5.75 Å². The molecule has 0 bridgehead atoms. The van der Waals surface area contributed by atoms with Crippen LogP contribution in [-0.2, 0) is 20.8 Å². The number of aliphatic hydroxyl groups excluding tert-OH is 1. The van der Waals surface area contributed by atoms with Crippen molar-refractivity contribution in [3.05, 3.63) is 41.0 Å². The summed E-state index contributed by atoms with van der Waals surface area (Å²) in [6.07, 6.45) is 12.3. The summed E-state index contributed by atoms with van der Waals surface area (Å²) in [7, 11) is 1.63. The van der Waals surface area contributed by atoms with Crippen molar-refractivity contribution in [1.29, 1.82) is 0 Å². The molecular formula is C34H52O5. The fraction of sp³-hybridized carbons (Fsp3) is 0.765. The van der Waals surface area contributed by atoms with Gasteiger partial charge in [-0.3, -0.25) is 0 Å². The van der Waals surface area contributed by atoms with Gasteiger partial charge in [-0.05, 0) is 104 Å². The molecule has 2 saturated carbocycles. The van der Waals surface area contributed by atoms with E-state index < -0.39 is 6.10 Å². The Morgan fingerprint density at radius 1 is 1.00 bits per heavy atom. The van der Waals surface area contributed by atoms with Crippen molar-refractivity contribution < 1.29 is 24.1 Å². The molecule has 7 atom stereocenters. The number of fused-ring (bicyclic) bond motifs is 3. The largest absolute Gasteiger partial charge is 0.467 e. The van der Waals surface area contributed by atoms with Crippen LogP contribution in [0.25, 0.3) is 0 Å². The molecule has 5 heteroatoms. The summed E-state index contributed by atoms with van der Waals surface area (Å²) in [5, 5.41) is 12.3. The second-order valence-corrected chi connectivity index (χ2v) is 14.1. The van der Waals surface area contributed by atoms with E-state index in [0.29, 0.717) is 29.1 Å². The minimum Gasteiger partial charge on any atom is -0.467 e. The summed E-state index contributed by atoms with van der Waals surface area (Å²) >= 11 is 0. The van der Waals surface area contributed by atoms with Gasteiger partial charge in [0.1, 0.15) is 5.75 Å². The van der Waals surface area contributed by atoms with Gasteiger partial charge in [0, 0.05) is 25.2 Å². The molecule has 0 aromatic heterocycles. The highest BCUT2D eigenvalue weighted by molar-refractivity contribution is 5.41. The average Bonchev–Trinajstić information content (AvgIpc) is 2.90. The van der Waals surface area contributed by atoms with Crippen LogP contribution in [0.2, 0.25) is 0 Å².